The summed E-state index contributed by atoms with van der Waals surface area (Å²) in [6.07, 6.45) is 7.01. The van der Waals surface area contributed by atoms with Crippen molar-refractivity contribution in [3.05, 3.63) is 30.1 Å². The Morgan fingerprint density at radius 2 is 2.08 bits per heavy atom. The Hall–Kier alpha value is -1.11. The van der Waals surface area contributed by atoms with Crippen LogP contribution in [-0.2, 0) is 9.47 Å². The summed E-state index contributed by atoms with van der Waals surface area (Å²) in [5, 5.41) is 0. The van der Waals surface area contributed by atoms with Gasteiger partial charge < -0.3 is 14.4 Å². The second-order valence-electron chi connectivity index (χ2n) is 7.11. The highest BCUT2D eigenvalue weighted by Crippen LogP contribution is 2.46. The minimum absolute atomic E-state index is 0.121. The Kier molecular flexibility index (Phi) is 4.79. The lowest BCUT2D eigenvalue weighted by molar-refractivity contribution is -0.0118. The van der Waals surface area contributed by atoms with Gasteiger partial charge in [0.05, 0.1) is 10.9 Å². The number of nitrogens with zero attached hydrogens (tertiary/aromatic N) is 2. The molecule has 0 aliphatic carbocycles. The van der Waals surface area contributed by atoms with Crippen LogP contribution in [0, 0.1) is 5.92 Å². The van der Waals surface area contributed by atoms with Gasteiger partial charge in [0, 0.05) is 56.6 Å². The molecule has 1 aromatic heterocycles. The van der Waals surface area contributed by atoms with Gasteiger partial charge in [0.1, 0.15) is 0 Å². The van der Waals surface area contributed by atoms with E-state index in [4.69, 9.17) is 9.47 Å². The van der Waals surface area contributed by atoms with Crippen LogP contribution in [0.5, 0.6) is 0 Å². The second-order valence-corrected chi connectivity index (χ2v) is 8.59. The number of carbonyl (C=O) groups is 1. The first-order valence-corrected chi connectivity index (χ1v) is 9.75. The molecule has 0 saturated carbocycles. The molecule has 6 heteroatoms. The van der Waals surface area contributed by atoms with Crippen LogP contribution in [0.3, 0.4) is 0 Å². The molecule has 3 fully saturated rings. The van der Waals surface area contributed by atoms with Crippen LogP contribution in [0.2, 0.25) is 0 Å². The number of rotatable bonds is 4. The van der Waals surface area contributed by atoms with E-state index < -0.39 is 0 Å². The third-order valence-electron chi connectivity index (χ3n) is 5.26. The van der Waals surface area contributed by atoms with Gasteiger partial charge in [-0.1, -0.05) is 0 Å². The zero-order chi connectivity index (χ0) is 16.4. The van der Waals surface area contributed by atoms with Gasteiger partial charge >= 0.3 is 0 Å². The largest absolute Gasteiger partial charge is 0.381 e. The van der Waals surface area contributed by atoms with E-state index in [1.165, 1.54) is 0 Å². The normalized spacial score (nSPS) is 26.5. The van der Waals surface area contributed by atoms with Gasteiger partial charge in [-0.2, -0.15) is 0 Å². The van der Waals surface area contributed by atoms with E-state index in [0.29, 0.717) is 12.0 Å². The summed E-state index contributed by atoms with van der Waals surface area (Å²) in [6.45, 7) is 4.31. The van der Waals surface area contributed by atoms with Crippen molar-refractivity contribution in [3.8, 4) is 0 Å². The van der Waals surface area contributed by atoms with Crippen LogP contribution in [0.1, 0.15) is 29.6 Å². The topological polar surface area (TPSA) is 51.7 Å². The van der Waals surface area contributed by atoms with Crippen LogP contribution < -0.4 is 0 Å². The molecular weight excluding hydrogens is 324 g/mol. The lowest BCUT2D eigenvalue weighted by atomic mass is 9.92. The third-order valence-corrected chi connectivity index (χ3v) is 6.83. The van der Waals surface area contributed by atoms with Crippen LogP contribution >= 0.6 is 11.8 Å². The van der Waals surface area contributed by atoms with Crippen molar-refractivity contribution in [1.82, 2.24) is 9.88 Å². The zero-order valence-corrected chi connectivity index (χ0v) is 14.7. The Morgan fingerprint density at radius 3 is 2.83 bits per heavy atom. The van der Waals surface area contributed by atoms with E-state index >= 15 is 0 Å². The number of amides is 1. The summed E-state index contributed by atoms with van der Waals surface area (Å²) in [4.78, 5) is 18.3. The molecule has 3 aliphatic rings. The standard InChI is InChI=1S/C18H24N2O3S/c21-17(15-1-5-19-6-2-15)20-12-18(13-20)9-16(11-24-18)23-10-14-3-7-22-8-4-14/h1-2,5-6,14,16H,3-4,7-13H2/t16-/m1/s1. The summed E-state index contributed by atoms with van der Waals surface area (Å²) < 4.78 is 11.8. The van der Waals surface area contributed by atoms with E-state index in [-0.39, 0.29) is 10.7 Å². The fourth-order valence-corrected chi connectivity index (χ4v) is 5.34. The fourth-order valence-electron chi connectivity index (χ4n) is 3.79. The van der Waals surface area contributed by atoms with Gasteiger partial charge in [0.2, 0.25) is 0 Å². The molecule has 0 bridgehead atoms. The van der Waals surface area contributed by atoms with Gasteiger partial charge in [-0.05, 0) is 37.3 Å². The minimum atomic E-state index is 0.121. The van der Waals surface area contributed by atoms with Crippen molar-refractivity contribution in [1.29, 1.82) is 0 Å². The molecule has 0 radical (unpaired) electrons. The molecule has 0 aromatic carbocycles. The number of likely N-dealkylation sites (tertiary alicyclic amines) is 1. The van der Waals surface area contributed by atoms with E-state index in [0.717, 1.165) is 63.5 Å². The lowest BCUT2D eigenvalue weighted by Gasteiger charge is -2.47. The number of carbonyl (C=O) groups excluding carboxylic acids is 1. The monoisotopic (exact) mass is 348 g/mol. The van der Waals surface area contributed by atoms with E-state index in [1.807, 2.05) is 16.7 Å². The molecule has 130 valence electrons. The molecule has 1 amide bonds. The molecule has 1 aromatic rings. The Morgan fingerprint density at radius 1 is 1.33 bits per heavy atom. The maximum absolute atomic E-state index is 12.4. The summed E-state index contributed by atoms with van der Waals surface area (Å²) >= 11 is 1.99. The van der Waals surface area contributed by atoms with Crippen molar-refractivity contribution < 1.29 is 14.3 Å². The summed E-state index contributed by atoms with van der Waals surface area (Å²) in [5.74, 6) is 1.84. The molecule has 1 spiro atoms. The quantitative estimate of drug-likeness (QED) is 0.835. The smallest absolute Gasteiger partial charge is 0.254 e. The first kappa shape index (κ1) is 16.4. The second kappa shape index (κ2) is 7.02. The van der Waals surface area contributed by atoms with Crippen molar-refractivity contribution in [2.24, 2.45) is 5.92 Å². The van der Waals surface area contributed by atoms with Crippen molar-refractivity contribution in [2.45, 2.75) is 30.1 Å². The molecule has 3 aliphatic heterocycles. The van der Waals surface area contributed by atoms with Crippen LogP contribution in [0.25, 0.3) is 0 Å². The lowest BCUT2D eigenvalue weighted by Crippen LogP contribution is -2.60. The molecule has 24 heavy (non-hydrogen) atoms. The van der Waals surface area contributed by atoms with Crippen molar-refractivity contribution >= 4 is 17.7 Å². The summed E-state index contributed by atoms with van der Waals surface area (Å²) in [6, 6.07) is 3.57. The van der Waals surface area contributed by atoms with Crippen molar-refractivity contribution in [2.75, 3.05) is 38.7 Å². The first-order chi connectivity index (χ1) is 11.7. The highest BCUT2D eigenvalue weighted by atomic mass is 32.2. The number of thioether (sulfide) groups is 1. The highest BCUT2D eigenvalue weighted by Gasteiger charge is 2.51. The Labute approximate surface area is 147 Å². The molecule has 0 N–H and O–H groups in total. The number of pyridine rings is 1. The SMILES string of the molecule is O=C(c1ccncc1)N1CC2(C[C@@H](OCC3CCOCC3)CS2)C1. The first-order valence-electron chi connectivity index (χ1n) is 8.77. The predicted molar refractivity (Wildman–Crippen MR) is 93.2 cm³/mol. The zero-order valence-electron chi connectivity index (χ0n) is 13.9. The van der Waals surface area contributed by atoms with Crippen molar-refractivity contribution in [3.63, 3.8) is 0 Å². The fraction of sp³-hybridized carbons (Fsp3) is 0.667. The molecule has 0 unspecified atom stereocenters. The van der Waals surface area contributed by atoms with Gasteiger partial charge in [-0.15, -0.1) is 11.8 Å². The molecular formula is C18H24N2O3S. The van der Waals surface area contributed by atoms with Gasteiger partial charge in [0.25, 0.3) is 5.91 Å². The molecule has 4 heterocycles. The highest BCUT2D eigenvalue weighted by molar-refractivity contribution is 8.01. The minimum Gasteiger partial charge on any atom is -0.381 e. The molecule has 3 saturated heterocycles. The summed E-state index contributed by atoms with van der Waals surface area (Å²) in [7, 11) is 0. The number of hydrogen-bond donors (Lipinski definition) is 0. The molecule has 1 atom stereocenters. The number of hydrogen-bond acceptors (Lipinski definition) is 5. The van der Waals surface area contributed by atoms with E-state index in [9.17, 15) is 4.79 Å². The molecule has 4 rings (SSSR count). The van der Waals surface area contributed by atoms with Crippen LogP contribution in [0.4, 0.5) is 0 Å². The Bertz CT molecular complexity index is 571. The number of ether oxygens (including phenoxy) is 2. The maximum Gasteiger partial charge on any atom is 0.254 e. The van der Waals surface area contributed by atoms with Gasteiger partial charge in [-0.25, -0.2) is 0 Å². The average molecular weight is 348 g/mol. The molecule has 5 nitrogen and oxygen atoms in total. The average Bonchev–Trinajstić information content (AvgIpc) is 3.04. The number of aromatic nitrogens is 1. The van der Waals surface area contributed by atoms with Gasteiger partial charge in [0.15, 0.2) is 0 Å². The predicted octanol–water partition coefficient (Wildman–Crippen LogP) is 2.22. The van der Waals surface area contributed by atoms with Crippen LogP contribution in [-0.4, -0.2) is 65.3 Å². The van der Waals surface area contributed by atoms with Gasteiger partial charge in [-0.3, -0.25) is 9.78 Å². The summed E-state index contributed by atoms with van der Waals surface area (Å²) in [5.41, 5.74) is 0.732. The van der Waals surface area contributed by atoms with E-state index in [2.05, 4.69) is 4.98 Å². The van der Waals surface area contributed by atoms with E-state index in [1.54, 1.807) is 24.5 Å². The Balaban J connectivity index is 1.23. The third kappa shape index (κ3) is 3.46. The van der Waals surface area contributed by atoms with Crippen LogP contribution in [0.15, 0.2) is 24.5 Å². The maximum atomic E-state index is 12.4.